The number of ether oxygens (including phenoxy) is 1. The van der Waals surface area contributed by atoms with E-state index in [0.29, 0.717) is 17.9 Å². The van der Waals surface area contributed by atoms with Crippen LogP contribution in [0.1, 0.15) is 48.9 Å². The van der Waals surface area contributed by atoms with Gasteiger partial charge >= 0.3 is 0 Å². The van der Waals surface area contributed by atoms with E-state index in [-0.39, 0.29) is 11.2 Å². The molecule has 6 heteroatoms. The molecule has 2 heterocycles. The Hall–Kier alpha value is -2.63. The molecule has 0 amide bonds. The van der Waals surface area contributed by atoms with Crippen LogP contribution in [-0.2, 0) is 12.8 Å². The van der Waals surface area contributed by atoms with Crippen molar-refractivity contribution in [2.75, 3.05) is 7.11 Å². The fourth-order valence-electron chi connectivity index (χ4n) is 4.87. The number of halogens is 2. The van der Waals surface area contributed by atoms with Crippen molar-refractivity contribution >= 4 is 33.4 Å². The van der Waals surface area contributed by atoms with Gasteiger partial charge in [-0.3, -0.25) is 4.98 Å². The van der Waals surface area contributed by atoms with Gasteiger partial charge in [0.2, 0.25) is 0 Å². The number of rotatable bonds is 3. The maximum absolute atomic E-state index is 14.3. The Labute approximate surface area is 185 Å². The first-order chi connectivity index (χ1) is 14.8. The summed E-state index contributed by atoms with van der Waals surface area (Å²) in [5, 5.41) is 13.7. The summed E-state index contributed by atoms with van der Waals surface area (Å²) in [5.41, 5.74) is 5.16. The van der Waals surface area contributed by atoms with Crippen LogP contribution in [0.2, 0.25) is 5.02 Å². The number of aliphatic hydroxyl groups is 1. The topological polar surface area (TPSA) is 58.1 Å². The second-order valence-electron chi connectivity index (χ2n) is 9.19. The molecule has 1 aliphatic carbocycles. The fourth-order valence-corrected chi connectivity index (χ4v) is 5.05. The number of hydrogen-bond acceptors (Lipinski definition) is 3. The zero-order chi connectivity index (χ0) is 21.9. The standard InChI is InChI=1S/C25H24ClFN2O2/c1-25(2)11-19-23(20(30)12-25)22-15-6-5-14(26)10-17(15)29-24(22)18(28-19)9-13-4-7-21(31-3)16(27)8-13/h4-8,10,20,29-30H,9,11-12H2,1-3H3/t20-/m0/s1. The Bertz CT molecular complexity index is 1330. The number of aromatic nitrogens is 2. The zero-order valence-electron chi connectivity index (χ0n) is 17.7. The largest absolute Gasteiger partial charge is 0.494 e. The zero-order valence-corrected chi connectivity index (χ0v) is 18.5. The molecule has 1 atom stereocenters. The number of aromatic amines is 1. The predicted molar refractivity (Wildman–Crippen MR) is 121 cm³/mol. The lowest BCUT2D eigenvalue weighted by atomic mass is 9.74. The van der Waals surface area contributed by atoms with Crippen LogP contribution >= 0.6 is 11.6 Å². The molecule has 5 rings (SSSR count). The SMILES string of the molecule is COc1ccc(Cc2nc3c(c4c2[nH]c2cc(Cl)ccc24)[C@@H](O)CC(C)(C)C3)cc1F. The van der Waals surface area contributed by atoms with Crippen molar-refractivity contribution in [3.8, 4) is 5.75 Å². The molecule has 31 heavy (non-hydrogen) atoms. The van der Waals surface area contributed by atoms with Crippen LogP contribution in [0.25, 0.3) is 21.8 Å². The van der Waals surface area contributed by atoms with Crippen molar-refractivity contribution in [3.05, 3.63) is 69.8 Å². The van der Waals surface area contributed by atoms with Gasteiger partial charge in [0.25, 0.3) is 0 Å². The summed E-state index contributed by atoms with van der Waals surface area (Å²) in [6.07, 6.45) is 1.33. The van der Waals surface area contributed by atoms with E-state index in [9.17, 15) is 9.50 Å². The van der Waals surface area contributed by atoms with E-state index in [1.54, 1.807) is 6.07 Å². The van der Waals surface area contributed by atoms with Crippen molar-refractivity contribution in [1.29, 1.82) is 0 Å². The lowest BCUT2D eigenvalue weighted by Crippen LogP contribution is -2.27. The van der Waals surface area contributed by atoms with Crippen molar-refractivity contribution in [3.63, 3.8) is 0 Å². The number of hydrogen-bond donors (Lipinski definition) is 2. The van der Waals surface area contributed by atoms with E-state index in [0.717, 1.165) is 50.7 Å². The van der Waals surface area contributed by atoms with E-state index >= 15 is 0 Å². The lowest BCUT2D eigenvalue weighted by Gasteiger charge is -2.34. The quantitative estimate of drug-likeness (QED) is 0.405. The highest BCUT2D eigenvalue weighted by molar-refractivity contribution is 6.31. The van der Waals surface area contributed by atoms with Crippen LogP contribution in [0.5, 0.6) is 5.75 Å². The maximum atomic E-state index is 14.3. The first-order valence-electron chi connectivity index (χ1n) is 10.4. The van der Waals surface area contributed by atoms with Crippen LogP contribution in [-0.4, -0.2) is 22.2 Å². The average molecular weight is 439 g/mol. The van der Waals surface area contributed by atoms with Crippen LogP contribution in [0, 0.1) is 11.2 Å². The maximum Gasteiger partial charge on any atom is 0.165 e. The molecule has 2 aromatic carbocycles. The van der Waals surface area contributed by atoms with Gasteiger partial charge in [-0.2, -0.15) is 0 Å². The van der Waals surface area contributed by atoms with Gasteiger partial charge in [-0.05, 0) is 48.1 Å². The number of fused-ring (bicyclic) bond motifs is 5. The molecule has 160 valence electrons. The number of benzene rings is 2. The Morgan fingerprint density at radius 3 is 2.81 bits per heavy atom. The Morgan fingerprint density at radius 2 is 2.06 bits per heavy atom. The highest BCUT2D eigenvalue weighted by Crippen LogP contribution is 2.45. The average Bonchev–Trinajstić information content (AvgIpc) is 3.05. The molecule has 4 nitrogen and oxygen atoms in total. The number of nitrogens with one attached hydrogen (secondary N) is 1. The van der Waals surface area contributed by atoms with Gasteiger partial charge in [-0.25, -0.2) is 4.39 Å². The first kappa shape index (κ1) is 20.3. The second kappa shape index (κ2) is 7.21. The fraction of sp³-hybridized carbons (Fsp3) is 0.320. The van der Waals surface area contributed by atoms with E-state index in [1.807, 2.05) is 24.3 Å². The van der Waals surface area contributed by atoms with Crippen molar-refractivity contribution in [1.82, 2.24) is 9.97 Å². The minimum Gasteiger partial charge on any atom is -0.494 e. The third-order valence-corrected chi connectivity index (χ3v) is 6.45. The predicted octanol–water partition coefficient (Wildman–Crippen LogP) is 6.11. The molecular weight excluding hydrogens is 415 g/mol. The molecule has 0 bridgehead atoms. The highest BCUT2D eigenvalue weighted by Gasteiger charge is 2.35. The molecule has 0 fully saturated rings. The van der Waals surface area contributed by atoms with Crippen LogP contribution in [0.3, 0.4) is 0 Å². The monoisotopic (exact) mass is 438 g/mol. The Balaban J connectivity index is 1.75. The van der Waals surface area contributed by atoms with Crippen molar-refractivity contribution < 1.29 is 14.2 Å². The van der Waals surface area contributed by atoms with Crippen LogP contribution < -0.4 is 4.74 Å². The third-order valence-electron chi connectivity index (χ3n) is 6.21. The molecule has 1 aliphatic rings. The summed E-state index contributed by atoms with van der Waals surface area (Å²) in [4.78, 5) is 8.45. The smallest absolute Gasteiger partial charge is 0.165 e. The van der Waals surface area contributed by atoms with Gasteiger partial charge in [-0.15, -0.1) is 0 Å². The van der Waals surface area contributed by atoms with Gasteiger partial charge in [-0.1, -0.05) is 37.6 Å². The van der Waals surface area contributed by atoms with Crippen LogP contribution in [0.15, 0.2) is 36.4 Å². The van der Waals surface area contributed by atoms with E-state index in [4.69, 9.17) is 21.3 Å². The number of aliphatic hydroxyl groups excluding tert-OH is 1. The summed E-state index contributed by atoms with van der Waals surface area (Å²) in [7, 11) is 1.45. The van der Waals surface area contributed by atoms with Gasteiger partial charge < -0.3 is 14.8 Å². The summed E-state index contributed by atoms with van der Waals surface area (Å²) in [6, 6.07) is 10.7. The molecule has 0 radical (unpaired) electrons. The Kier molecular flexibility index (Phi) is 4.72. The molecule has 0 unspecified atom stereocenters. The van der Waals surface area contributed by atoms with Gasteiger partial charge in [0.1, 0.15) is 0 Å². The van der Waals surface area contributed by atoms with Crippen molar-refractivity contribution in [2.45, 2.75) is 39.2 Å². The normalized spacial score (nSPS) is 17.8. The molecule has 0 saturated carbocycles. The molecule has 0 aliphatic heterocycles. The first-order valence-corrected chi connectivity index (χ1v) is 10.8. The molecule has 2 N–H and O–H groups in total. The molecular formula is C25H24ClFN2O2. The van der Waals surface area contributed by atoms with Crippen molar-refractivity contribution in [2.24, 2.45) is 5.41 Å². The summed E-state index contributed by atoms with van der Waals surface area (Å²) < 4.78 is 19.3. The number of pyridine rings is 1. The molecule has 2 aromatic heterocycles. The lowest BCUT2D eigenvalue weighted by molar-refractivity contribution is 0.0997. The number of methoxy groups -OCH3 is 1. The second-order valence-corrected chi connectivity index (χ2v) is 9.63. The molecule has 0 spiro atoms. The molecule has 4 aromatic rings. The molecule has 0 saturated heterocycles. The number of H-pyrrole nitrogens is 1. The van der Waals surface area contributed by atoms with Crippen LogP contribution in [0.4, 0.5) is 4.39 Å². The van der Waals surface area contributed by atoms with E-state index in [1.165, 1.54) is 13.2 Å². The number of nitrogens with zero attached hydrogens (tertiary/aromatic N) is 1. The highest BCUT2D eigenvalue weighted by atomic mass is 35.5. The minimum atomic E-state index is -0.587. The van der Waals surface area contributed by atoms with Gasteiger partial charge in [0, 0.05) is 39.0 Å². The third kappa shape index (κ3) is 3.46. The van der Waals surface area contributed by atoms with E-state index < -0.39 is 11.9 Å². The summed E-state index contributed by atoms with van der Waals surface area (Å²) in [6.45, 7) is 4.30. The van der Waals surface area contributed by atoms with E-state index in [2.05, 4.69) is 18.8 Å². The van der Waals surface area contributed by atoms with Gasteiger partial charge in [0.15, 0.2) is 11.6 Å². The summed E-state index contributed by atoms with van der Waals surface area (Å²) >= 11 is 6.23. The Morgan fingerprint density at radius 1 is 1.26 bits per heavy atom. The minimum absolute atomic E-state index is 0.0496. The summed E-state index contributed by atoms with van der Waals surface area (Å²) in [5.74, 6) is -0.174. The van der Waals surface area contributed by atoms with Gasteiger partial charge in [0.05, 0.1) is 24.4 Å².